The van der Waals surface area contributed by atoms with E-state index < -0.39 is 5.97 Å². The molecule has 0 saturated carbocycles. The van der Waals surface area contributed by atoms with E-state index >= 15 is 0 Å². The van der Waals surface area contributed by atoms with Gasteiger partial charge in [-0.2, -0.15) is 0 Å². The molecule has 1 N–H and O–H groups in total. The first kappa shape index (κ1) is 11.4. The molecule has 1 unspecified atom stereocenters. The van der Waals surface area contributed by atoms with Crippen LogP contribution in [0.2, 0.25) is 0 Å². The summed E-state index contributed by atoms with van der Waals surface area (Å²) in [7, 11) is 0. The number of carboxylic acid groups (broad SMARTS) is 1. The molecule has 0 aliphatic carbocycles. The van der Waals surface area contributed by atoms with Crippen molar-refractivity contribution in [3.63, 3.8) is 0 Å². The average molecular weight is 230 g/mol. The number of aromatic nitrogens is 2. The van der Waals surface area contributed by atoms with Gasteiger partial charge in [0.25, 0.3) is 0 Å². The minimum atomic E-state index is -0.859. The molecular formula is C13H14N2O2. The second kappa shape index (κ2) is 4.82. The fourth-order valence-electron chi connectivity index (χ4n) is 1.74. The molecule has 0 spiro atoms. The van der Waals surface area contributed by atoms with Crippen LogP contribution in [0.15, 0.2) is 42.9 Å². The first-order valence-corrected chi connectivity index (χ1v) is 5.46. The van der Waals surface area contributed by atoms with Gasteiger partial charge in [0.1, 0.15) is 0 Å². The average Bonchev–Trinajstić information content (AvgIpc) is 2.77. The molecule has 2 rings (SSSR count). The van der Waals surface area contributed by atoms with Crippen molar-refractivity contribution in [2.24, 2.45) is 0 Å². The van der Waals surface area contributed by atoms with E-state index in [2.05, 4.69) is 11.9 Å². The molecule has 1 aromatic carbocycles. The van der Waals surface area contributed by atoms with Crippen LogP contribution in [-0.2, 0) is 11.2 Å². The second-order valence-electron chi connectivity index (χ2n) is 3.97. The monoisotopic (exact) mass is 230 g/mol. The molecule has 1 aromatic heterocycles. The Kier molecular flexibility index (Phi) is 3.23. The van der Waals surface area contributed by atoms with Crippen LogP contribution in [0.4, 0.5) is 0 Å². The number of hydrogen-bond acceptors (Lipinski definition) is 2. The molecular weight excluding hydrogens is 216 g/mol. The number of aliphatic carboxylic acids is 1. The second-order valence-corrected chi connectivity index (χ2v) is 3.97. The van der Waals surface area contributed by atoms with Crippen LogP contribution in [0, 0.1) is 0 Å². The molecule has 4 nitrogen and oxygen atoms in total. The smallest absolute Gasteiger partial charge is 0.309 e. The summed E-state index contributed by atoms with van der Waals surface area (Å²) in [5.74, 6) is -0.859. The van der Waals surface area contributed by atoms with Crippen molar-refractivity contribution in [3.8, 4) is 0 Å². The molecule has 0 amide bonds. The summed E-state index contributed by atoms with van der Waals surface area (Å²) in [4.78, 5) is 14.7. The first-order valence-electron chi connectivity index (χ1n) is 5.46. The standard InChI is InChI=1S/C13H14N2O2/c1-10(11-5-3-2-4-6-11)15-8-12(14-9-15)7-13(16)17/h2-6,8-10H,7H2,1H3,(H,16,17). The Labute approximate surface area is 99.5 Å². The van der Waals surface area contributed by atoms with Crippen LogP contribution in [-0.4, -0.2) is 20.6 Å². The zero-order valence-electron chi connectivity index (χ0n) is 9.58. The van der Waals surface area contributed by atoms with Crippen molar-refractivity contribution in [2.45, 2.75) is 19.4 Å². The van der Waals surface area contributed by atoms with Gasteiger partial charge in [0.2, 0.25) is 0 Å². The van der Waals surface area contributed by atoms with E-state index in [-0.39, 0.29) is 12.5 Å². The maximum atomic E-state index is 10.6. The molecule has 0 bridgehead atoms. The minimum absolute atomic E-state index is 0.0332. The molecule has 2 aromatic rings. The number of carbonyl (C=O) groups is 1. The number of hydrogen-bond donors (Lipinski definition) is 1. The Hall–Kier alpha value is -2.10. The third kappa shape index (κ3) is 2.72. The fourth-order valence-corrected chi connectivity index (χ4v) is 1.74. The lowest BCUT2D eigenvalue weighted by Gasteiger charge is -2.12. The van der Waals surface area contributed by atoms with Crippen molar-refractivity contribution in [1.29, 1.82) is 0 Å². The summed E-state index contributed by atoms with van der Waals surface area (Å²) in [5, 5.41) is 8.68. The lowest BCUT2D eigenvalue weighted by Crippen LogP contribution is -2.04. The molecule has 0 aliphatic rings. The van der Waals surface area contributed by atoms with E-state index in [0.717, 1.165) is 0 Å². The summed E-state index contributed by atoms with van der Waals surface area (Å²) in [6, 6.07) is 10.2. The van der Waals surface area contributed by atoms with Crippen molar-refractivity contribution in [2.75, 3.05) is 0 Å². The highest BCUT2D eigenvalue weighted by Crippen LogP contribution is 2.17. The van der Waals surface area contributed by atoms with Gasteiger partial charge in [-0.15, -0.1) is 0 Å². The molecule has 4 heteroatoms. The third-order valence-corrected chi connectivity index (χ3v) is 2.72. The zero-order valence-corrected chi connectivity index (χ0v) is 9.58. The predicted octanol–water partition coefficient (Wildman–Crippen LogP) is 2.12. The van der Waals surface area contributed by atoms with Gasteiger partial charge in [0.05, 0.1) is 24.5 Å². The molecule has 17 heavy (non-hydrogen) atoms. The van der Waals surface area contributed by atoms with E-state index in [0.29, 0.717) is 5.69 Å². The highest BCUT2D eigenvalue weighted by atomic mass is 16.4. The fraction of sp³-hybridized carbons (Fsp3) is 0.231. The lowest BCUT2D eigenvalue weighted by molar-refractivity contribution is -0.136. The minimum Gasteiger partial charge on any atom is -0.481 e. The number of nitrogens with zero attached hydrogens (tertiary/aromatic N) is 2. The molecule has 1 heterocycles. The molecule has 0 aliphatic heterocycles. The van der Waals surface area contributed by atoms with Crippen LogP contribution in [0.3, 0.4) is 0 Å². The molecule has 1 atom stereocenters. The topological polar surface area (TPSA) is 55.1 Å². The number of benzene rings is 1. The normalized spacial score (nSPS) is 12.3. The van der Waals surface area contributed by atoms with Crippen LogP contribution in [0.25, 0.3) is 0 Å². The van der Waals surface area contributed by atoms with E-state index in [4.69, 9.17) is 5.11 Å². The van der Waals surface area contributed by atoms with E-state index in [1.165, 1.54) is 5.56 Å². The van der Waals surface area contributed by atoms with Gasteiger partial charge >= 0.3 is 5.97 Å². The zero-order chi connectivity index (χ0) is 12.3. The number of rotatable bonds is 4. The predicted molar refractivity (Wildman–Crippen MR) is 63.8 cm³/mol. The van der Waals surface area contributed by atoms with Crippen molar-refractivity contribution in [3.05, 3.63) is 54.1 Å². The van der Waals surface area contributed by atoms with Gasteiger partial charge in [-0.1, -0.05) is 30.3 Å². The van der Waals surface area contributed by atoms with Crippen molar-refractivity contribution in [1.82, 2.24) is 9.55 Å². The van der Waals surface area contributed by atoms with Crippen LogP contribution in [0.5, 0.6) is 0 Å². The summed E-state index contributed by atoms with van der Waals surface area (Å²) >= 11 is 0. The van der Waals surface area contributed by atoms with E-state index in [9.17, 15) is 4.79 Å². The quantitative estimate of drug-likeness (QED) is 0.875. The molecule has 0 fully saturated rings. The maximum absolute atomic E-state index is 10.6. The van der Waals surface area contributed by atoms with Crippen molar-refractivity contribution < 1.29 is 9.90 Å². The van der Waals surface area contributed by atoms with Crippen LogP contribution >= 0.6 is 0 Å². The number of carboxylic acids is 1. The number of imidazole rings is 1. The first-order chi connectivity index (χ1) is 8.16. The summed E-state index contributed by atoms with van der Waals surface area (Å²) in [6.45, 7) is 2.06. The molecule has 0 saturated heterocycles. The van der Waals surface area contributed by atoms with E-state index in [1.807, 2.05) is 34.9 Å². The van der Waals surface area contributed by atoms with Gasteiger partial charge in [-0.05, 0) is 12.5 Å². The Morgan fingerprint density at radius 3 is 2.76 bits per heavy atom. The SMILES string of the molecule is CC(c1ccccc1)n1cnc(CC(=O)O)c1. The van der Waals surface area contributed by atoms with Gasteiger partial charge in [-0.25, -0.2) is 4.98 Å². The van der Waals surface area contributed by atoms with Crippen molar-refractivity contribution >= 4 is 5.97 Å². The maximum Gasteiger partial charge on any atom is 0.309 e. The lowest BCUT2D eigenvalue weighted by atomic mass is 10.1. The highest BCUT2D eigenvalue weighted by Gasteiger charge is 2.09. The summed E-state index contributed by atoms with van der Waals surface area (Å²) in [5.41, 5.74) is 1.76. The third-order valence-electron chi connectivity index (χ3n) is 2.72. The highest BCUT2D eigenvalue weighted by molar-refractivity contribution is 5.69. The van der Waals surface area contributed by atoms with Crippen LogP contribution < -0.4 is 0 Å². The molecule has 0 radical (unpaired) electrons. The van der Waals surface area contributed by atoms with Gasteiger partial charge in [-0.3, -0.25) is 4.79 Å². The Morgan fingerprint density at radius 1 is 1.41 bits per heavy atom. The molecule has 88 valence electrons. The van der Waals surface area contributed by atoms with Gasteiger partial charge in [0, 0.05) is 6.20 Å². The summed E-state index contributed by atoms with van der Waals surface area (Å²) < 4.78 is 1.92. The Morgan fingerprint density at radius 2 is 2.12 bits per heavy atom. The van der Waals surface area contributed by atoms with Gasteiger partial charge in [0.15, 0.2) is 0 Å². The van der Waals surface area contributed by atoms with Crippen LogP contribution in [0.1, 0.15) is 24.2 Å². The summed E-state index contributed by atoms with van der Waals surface area (Å²) in [6.07, 6.45) is 3.43. The largest absolute Gasteiger partial charge is 0.481 e. The Balaban J connectivity index is 2.17. The van der Waals surface area contributed by atoms with E-state index in [1.54, 1.807) is 12.5 Å². The Bertz CT molecular complexity index is 505. The van der Waals surface area contributed by atoms with Gasteiger partial charge < -0.3 is 9.67 Å².